The maximum Gasteiger partial charge on any atom is 0.0254 e. The van der Waals surface area contributed by atoms with E-state index in [1.165, 1.54) is 18.4 Å². The van der Waals surface area contributed by atoms with Gasteiger partial charge in [-0.15, -0.1) is 0 Å². The fourth-order valence-corrected chi connectivity index (χ4v) is 2.50. The SMILES string of the molecule is C=C(C)C1CCC(C)S1. The summed E-state index contributed by atoms with van der Waals surface area (Å²) in [4.78, 5) is 0. The standard InChI is InChI=1S/C8H14S/c1-6(2)8-5-4-7(3)9-8/h7-8H,1,4-5H2,2-3H3. The topological polar surface area (TPSA) is 0 Å². The van der Waals surface area contributed by atoms with Crippen molar-refractivity contribution in [2.45, 2.75) is 37.2 Å². The summed E-state index contributed by atoms with van der Waals surface area (Å²) in [6.07, 6.45) is 2.73. The van der Waals surface area contributed by atoms with Crippen molar-refractivity contribution in [3.8, 4) is 0 Å². The molecular weight excluding hydrogens is 128 g/mol. The average Bonchev–Trinajstić information content (AvgIpc) is 2.14. The highest BCUT2D eigenvalue weighted by Gasteiger charge is 2.21. The van der Waals surface area contributed by atoms with E-state index in [2.05, 4.69) is 32.2 Å². The van der Waals surface area contributed by atoms with Crippen LogP contribution in [0, 0.1) is 0 Å². The van der Waals surface area contributed by atoms with Gasteiger partial charge in [0.05, 0.1) is 0 Å². The molecule has 0 aliphatic carbocycles. The van der Waals surface area contributed by atoms with Gasteiger partial charge >= 0.3 is 0 Å². The van der Waals surface area contributed by atoms with Crippen LogP contribution in [0.1, 0.15) is 26.7 Å². The van der Waals surface area contributed by atoms with Crippen LogP contribution in [0.25, 0.3) is 0 Å². The van der Waals surface area contributed by atoms with Gasteiger partial charge in [0.2, 0.25) is 0 Å². The molecule has 0 aromatic rings. The van der Waals surface area contributed by atoms with Gasteiger partial charge in [0.25, 0.3) is 0 Å². The van der Waals surface area contributed by atoms with E-state index in [1.807, 2.05) is 0 Å². The van der Waals surface area contributed by atoms with Gasteiger partial charge in [0.15, 0.2) is 0 Å². The van der Waals surface area contributed by atoms with E-state index in [0.29, 0.717) is 0 Å². The van der Waals surface area contributed by atoms with Gasteiger partial charge in [-0.1, -0.05) is 19.1 Å². The lowest BCUT2D eigenvalue weighted by molar-refractivity contribution is 0.788. The number of hydrogen-bond acceptors (Lipinski definition) is 1. The van der Waals surface area contributed by atoms with E-state index in [1.54, 1.807) is 0 Å². The lowest BCUT2D eigenvalue weighted by Gasteiger charge is -2.06. The molecule has 2 unspecified atom stereocenters. The molecule has 0 N–H and O–H groups in total. The zero-order valence-electron chi connectivity index (χ0n) is 6.18. The molecule has 0 amide bonds. The summed E-state index contributed by atoms with van der Waals surface area (Å²) >= 11 is 2.07. The first-order chi connectivity index (χ1) is 4.20. The van der Waals surface area contributed by atoms with Crippen molar-refractivity contribution in [3.63, 3.8) is 0 Å². The van der Waals surface area contributed by atoms with Gasteiger partial charge < -0.3 is 0 Å². The minimum Gasteiger partial charge on any atom is -0.151 e. The summed E-state index contributed by atoms with van der Waals surface area (Å²) < 4.78 is 0. The Kier molecular flexibility index (Phi) is 2.23. The number of hydrogen-bond donors (Lipinski definition) is 0. The van der Waals surface area contributed by atoms with Gasteiger partial charge in [0.1, 0.15) is 0 Å². The van der Waals surface area contributed by atoms with Crippen LogP contribution in [-0.2, 0) is 0 Å². The smallest absolute Gasteiger partial charge is 0.0254 e. The van der Waals surface area contributed by atoms with Crippen LogP contribution < -0.4 is 0 Å². The Hall–Kier alpha value is 0.0900. The zero-order chi connectivity index (χ0) is 6.85. The normalized spacial score (nSPS) is 34.9. The Labute approximate surface area is 61.7 Å². The predicted molar refractivity (Wildman–Crippen MR) is 44.9 cm³/mol. The lowest BCUT2D eigenvalue weighted by Crippen LogP contribution is -1.95. The molecule has 1 heterocycles. The minimum atomic E-state index is 0.764. The first-order valence-corrected chi connectivity index (χ1v) is 4.45. The van der Waals surface area contributed by atoms with Gasteiger partial charge in [-0.25, -0.2) is 0 Å². The third-order valence-electron chi connectivity index (χ3n) is 1.78. The maximum absolute atomic E-state index is 3.95. The van der Waals surface area contributed by atoms with Crippen LogP contribution in [0.15, 0.2) is 12.2 Å². The molecule has 0 spiro atoms. The van der Waals surface area contributed by atoms with Crippen molar-refractivity contribution in [2.75, 3.05) is 0 Å². The summed E-state index contributed by atoms with van der Waals surface area (Å²) in [5.74, 6) is 0. The highest BCUT2D eigenvalue weighted by atomic mass is 32.2. The van der Waals surface area contributed by atoms with Crippen LogP contribution in [-0.4, -0.2) is 10.5 Å². The molecule has 0 saturated carbocycles. The number of thioether (sulfide) groups is 1. The van der Waals surface area contributed by atoms with E-state index < -0.39 is 0 Å². The average molecular weight is 142 g/mol. The molecule has 0 nitrogen and oxygen atoms in total. The maximum atomic E-state index is 3.95. The fraction of sp³-hybridized carbons (Fsp3) is 0.750. The van der Waals surface area contributed by atoms with Crippen molar-refractivity contribution in [3.05, 3.63) is 12.2 Å². The molecule has 0 bridgehead atoms. The van der Waals surface area contributed by atoms with Crippen LogP contribution in [0.2, 0.25) is 0 Å². The molecule has 1 heteroatoms. The molecule has 0 aromatic heterocycles. The van der Waals surface area contributed by atoms with E-state index in [9.17, 15) is 0 Å². The van der Waals surface area contributed by atoms with Crippen LogP contribution >= 0.6 is 11.8 Å². The Bertz CT molecular complexity index is 118. The van der Waals surface area contributed by atoms with E-state index in [0.717, 1.165) is 10.5 Å². The second kappa shape index (κ2) is 2.78. The van der Waals surface area contributed by atoms with Gasteiger partial charge in [0, 0.05) is 10.5 Å². The number of rotatable bonds is 1. The Balaban J connectivity index is 2.39. The first kappa shape index (κ1) is 7.20. The molecule has 0 aromatic carbocycles. The predicted octanol–water partition coefficient (Wildman–Crippen LogP) is 2.85. The third-order valence-corrected chi connectivity index (χ3v) is 3.45. The highest BCUT2D eigenvalue weighted by Crippen LogP contribution is 2.36. The quantitative estimate of drug-likeness (QED) is 0.507. The Morgan fingerprint density at radius 3 is 2.44 bits per heavy atom. The monoisotopic (exact) mass is 142 g/mol. The van der Waals surface area contributed by atoms with Crippen LogP contribution in [0.5, 0.6) is 0 Å². The highest BCUT2D eigenvalue weighted by molar-refractivity contribution is 8.00. The largest absolute Gasteiger partial charge is 0.151 e. The van der Waals surface area contributed by atoms with E-state index in [4.69, 9.17) is 0 Å². The molecule has 2 atom stereocenters. The molecule has 1 rings (SSSR count). The molecule has 1 fully saturated rings. The first-order valence-electron chi connectivity index (χ1n) is 3.51. The second-order valence-electron chi connectivity index (χ2n) is 2.86. The van der Waals surface area contributed by atoms with Crippen LogP contribution in [0.4, 0.5) is 0 Å². The molecule has 1 aliphatic rings. The minimum absolute atomic E-state index is 0.764. The van der Waals surface area contributed by atoms with Gasteiger partial charge in [-0.05, 0) is 19.8 Å². The molecular formula is C8H14S. The summed E-state index contributed by atoms with van der Waals surface area (Å²) in [5, 5.41) is 1.63. The van der Waals surface area contributed by atoms with Crippen LogP contribution in [0.3, 0.4) is 0 Å². The van der Waals surface area contributed by atoms with Crippen molar-refractivity contribution < 1.29 is 0 Å². The van der Waals surface area contributed by atoms with Crippen molar-refractivity contribution in [2.24, 2.45) is 0 Å². The second-order valence-corrected chi connectivity index (χ2v) is 4.50. The van der Waals surface area contributed by atoms with E-state index in [-0.39, 0.29) is 0 Å². The third kappa shape index (κ3) is 1.75. The molecule has 1 saturated heterocycles. The summed E-state index contributed by atoms with van der Waals surface area (Å²) in [6.45, 7) is 8.38. The lowest BCUT2D eigenvalue weighted by atomic mass is 10.1. The summed E-state index contributed by atoms with van der Waals surface area (Å²) in [7, 11) is 0. The molecule has 0 radical (unpaired) electrons. The fourth-order valence-electron chi connectivity index (χ4n) is 1.17. The molecule has 1 aliphatic heterocycles. The zero-order valence-corrected chi connectivity index (χ0v) is 7.00. The van der Waals surface area contributed by atoms with Gasteiger partial charge in [-0.2, -0.15) is 11.8 Å². The molecule has 52 valence electrons. The Morgan fingerprint density at radius 2 is 2.22 bits per heavy atom. The van der Waals surface area contributed by atoms with E-state index >= 15 is 0 Å². The van der Waals surface area contributed by atoms with Crippen molar-refractivity contribution in [1.82, 2.24) is 0 Å². The Morgan fingerprint density at radius 1 is 1.56 bits per heavy atom. The molecule has 9 heavy (non-hydrogen) atoms. The summed E-state index contributed by atoms with van der Waals surface area (Å²) in [6, 6.07) is 0. The van der Waals surface area contributed by atoms with Crippen molar-refractivity contribution in [1.29, 1.82) is 0 Å². The summed E-state index contributed by atoms with van der Waals surface area (Å²) in [5.41, 5.74) is 1.35. The van der Waals surface area contributed by atoms with Crippen molar-refractivity contribution >= 4 is 11.8 Å². The van der Waals surface area contributed by atoms with Gasteiger partial charge in [-0.3, -0.25) is 0 Å².